The Labute approximate surface area is 132 Å². The first-order valence-electron chi connectivity index (χ1n) is 7.85. The van der Waals surface area contributed by atoms with E-state index < -0.39 is 5.60 Å². The largest absolute Gasteiger partial charge is 0.381 e. The second-order valence-electron chi connectivity index (χ2n) is 6.34. The van der Waals surface area contributed by atoms with Crippen molar-refractivity contribution in [2.24, 2.45) is 0 Å². The van der Waals surface area contributed by atoms with Gasteiger partial charge in [0.25, 0.3) is 0 Å². The maximum Gasteiger partial charge on any atom is 0.109 e. The van der Waals surface area contributed by atoms with Crippen molar-refractivity contribution in [2.45, 2.75) is 18.4 Å². The smallest absolute Gasteiger partial charge is 0.109 e. The summed E-state index contributed by atoms with van der Waals surface area (Å²) < 4.78 is 0. The number of nitrogens with zero attached hydrogens (tertiary/aromatic N) is 1. The zero-order valence-corrected chi connectivity index (χ0v) is 13.3. The van der Waals surface area contributed by atoms with Gasteiger partial charge in [0.1, 0.15) is 5.60 Å². The number of hydrogen-bond acceptors (Lipinski definition) is 2. The summed E-state index contributed by atoms with van der Waals surface area (Å²) in [5.74, 6) is 0. The predicted octanol–water partition coefficient (Wildman–Crippen LogP) is 1.84. The monoisotopic (exact) mass is 293 g/mol. The molecule has 0 saturated carbocycles. The molecule has 0 radical (unpaired) electrons. The highest BCUT2D eigenvalue weighted by molar-refractivity contribution is 5.62. The van der Waals surface area contributed by atoms with E-state index in [0.29, 0.717) is 0 Å². The number of fused-ring (bicyclic) bond motifs is 2. The number of hydrogen-bond donors (Lipinski definition) is 1. The molecule has 22 heavy (non-hydrogen) atoms. The molecule has 0 heterocycles. The summed E-state index contributed by atoms with van der Waals surface area (Å²) >= 11 is 0. The molecule has 0 bridgehead atoms. The molecule has 0 aliphatic heterocycles. The van der Waals surface area contributed by atoms with Crippen molar-refractivity contribution in [2.75, 3.05) is 20.6 Å². The minimum Gasteiger partial charge on any atom is -0.381 e. The maximum absolute atomic E-state index is 11.4. The van der Waals surface area contributed by atoms with Crippen LogP contribution in [0.4, 0.5) is 0 Å². The number of benzene rings is 2. The van der Waals surface area contributed by atoms with Crippen molar-refractivity contribution in [1.82, 2.24) is 4.90 Å². The highest BCUT2D eigenvalue weighted by Gasteiger charge is 2.29. The molecular weight excluding hydrogens is 270 g/mol. The van der Waals surface area contributed by atoms with Crippen LogP contribution in [0.2, 0.25) is 0 Å². The van der Waals surface area contributed by atoms with E-state index in [0.717, 1.165) is 35.7 Å². The Morgan fingerprint density at radius 3 is 2.41 bits per heavy atom. The van der Waals surface area contributed by atoms with E-state index >= 15 is 0 Å². The molecule has 0 saturated heterocycles. The molecule has 1 atom stereocenters. The van der Waals surface area contributed by atoms with Gasteiger partial charge >= 0.3 is 0 Å². The van der Waals surface area contributed by atoms with E-state index in [2.05, 4.69) is 43.3 Å². The summed E-state index contributed by atoms with van der Waals surface area (Å²) in [5.41, 5.74) is 1.21. The van der Waals surface area contributed by atoms with Crippen LogP contribution in [-0.2, 0) is 5.60 Å². The standard InChI is InChI=1S/C20H23NO/c1-21(2)13-7-12-20(22)15-18-10-4-3-8-16(18)14-17-9-5-6-11-19(17)20/h3-6,8-11,14-15,22H,7,12-13H2,1-2H3. The lowest BCUT2D eigenvalue weighted by Crippen LogP contribution is -2.30. The van der Waals surface area contributed by atoms with Crippen LogP contribution in [0.15, 0.2) is 48.5 Å². The quantitative estimate of drug-likeness (QED) is 0.930. The van der Waals surface area contributed by atoms with Gasteiger partial charge < -0.3 is 10.0 Å². The molecule has 1 aliphatic rings. The van der Waals surface area contributed by atoms with Crippen LogP contribution < -0.4 is 10.4 Å². The van der Waals surface area contributed by atoms with Gasteiger partial charge in [0.2, 0.25) is 0 Å². The van der Waals surface area contributed by atoms with Gasteiger partial charge in [-0.25, -0.2) is 0 Å². The fourth-order valence-corrected chi connectivity index (χ4v) is 3.17. The normalized spacial score (nSPS) is 19.6. The molecular formula is C20H23NO. The third-order valence-corrected chi connectivity index (χ3v) is 4.29. The topological polar surface area (TPSA) is 23.5 Å². The first-order chi connectivity index (χ1) is 10.6. The lowest BCUT2D eigenvalue weighted by Gasteiger charge is -2.27. The van der Waals surface area contributed by atoms with Gasteiger partial charge in [0, 0.05) is 0 Å². The zero-order chi connectivity index (χ0) is 15.6. The van der Waals surface area contributed by atoms with Gasteiger partial charge in [-0.1, -0.05) is 48.5 Å². The summed E-state index contributed by atoms with van der Waals surface area (Å²) in [7, 11) is 4.13. The molecule has 2 aromatic rings. The van der Waals surface area contributed by atoms with E-state index in [4.69, 9.17) is 0 Å². The summed E-state index contributed by atoms with van der Waals surface area (Å²) in [6.07, 6.45) is 5.88. The minimum atomic E-state index is -0.907. The fourth-order valence-electron chi connectivity index (χ4n) is 3.17. The van der Waals surface area contributed by atoms with E-state index in [9.17, 15) is 5.11 Å². The van der Waals surface area contributed by atoms with E-state index in [-0.39, 0.29) is 0 Å². The second kappa shape index (κ2) is 6.07. The lowest BCUT2D eigenvalue weighted by molar-refractivity contribution is 0.0914. The molecule has 0 fully saturated rings. The van der Waals surface area contributed by atoms with Crippen LogP contribution in [0.3, 0.4) is 0 Å². The molecule has 1 N–H and O–H groups in total. The van der Waals surface area contributed by atoms with Gasteiger partial charge in [-0.15, -0.1) is 0 Å². The molecule has 3 rings (SSSR count). The Hall–Kier alpha value is -1.90. The fraction of sp³-hybridized carbons (Fsp3) is 0.300. The number of aliphatic hydroxyl groups is 1. The van der Waals surface area contributed by atoms with Crippen molar-refractivity contribution in [3.63, 3.8) is 0 Å². The van der Waals surface area contributed by atoms with Gasteiger partial charge in [0.05, 0.1) is 0 Å². The Balaban J connectivity index is 2.10. The van der Waals surface area contributed by atoms with Crippen molar-refractivity contribution in [3.8, 4) is 0 Å². The van der Waals surface area contributed by atoms with Crippen molar-refractivity contribution in [3.05, 3.63) is 70.1 Å². The highest BCUT2D eigenvalue weighted by Crippen LogP contribution is 2.32. The molecule has 2 heteroatoms. The van der Waals surface area contributed by atoms with E-state index in [1.165, 1.54) is 5.22 Å². The average Bonchev–Trinajstić information content (AvgIpc) is 2.61. The Kier molecular flexibility index (Phi) is 4.14. The molecule has 2 nitrogen and oxygen atoms in total. The van der Waals surface area contributed by atoms with Crippen LogP contribution in [-0.4, -0.2) is 30.6 Å². The second-order valence-corrected chi connectivity index (χ2v) is 6.34. The summed E-state index contributed by atoms with van der Waals surface area (Å²) in [6.45, 7) is 0.976. The van der Waals surface area contributed by atoms with Crippen LogP contribution in [0.5, 0.6) is 0 Å². The van der Waals surface area contributed by atoms with Crippen LogP contribution in [0, 0.1) is 0 Å². The highest BCUT2D eigenvalue weighted by atomic mass is 16.3. The molecule has 2 aromatic carbocycles. The van der Waals surface area contributed by atoms with Gasteiger partial charge in [-0.05, 0) is 67.2 Å². The molecule has 1 unspecified atom stereocenters. The van der Waals surface area contributed by atoms with Crippen LogP contribution in [0.25, 0.3) is 12.2 Å². The first kappa shape index (κ1) is 15.0. The third kappa shape index (κ3) is 2.99. The lowest BCUT2D eigenvalue weighted by atomic mass is 9.86. The van der Waals surface area contributed by atoms with E-state index in [1.807, 2.05) is 36.4 Å². The summed E-state index contributed by atoms with van der Waals surface area (Å²) in [6, 6.07) is 16.4. The third-order valence-electron chi connectivity index (χ3n) is 4.29. The Morgan fingerprint density at radius 1 is 0.955 bits per heavy atom. The average molecular weight is 293 g/mol. The summed E-state index contributed by atoms with van der Waals surface area (Å²) in [4.78, 5) is 2.16. The van der Waals surface area contributed by atoms with Crippen molar-refractivity contribution in [1.29, 1.82) is 0 Å². The maximum atomic E-state index is 11.4. The SMILES string of the molecule is CN(C)CCCC1(O)C=c2ccccc2=Cc2ccccc21. The van der Waals surface area contributed by atoms with Gasteiger partial charge in [-0.3, -0.25) is 0 Å². The molecule has 0 spiro atoms. The zero-order valence-electron chi connectivity index (χ0n) is 13.3. The predicted molar refractivity (Wildman–Crippen MR) is 91.9 cm³/mol. The Bertz CT molecular complexity index is 778. The van der Waals surface area contributed by atoms with Crippen molar-refractivity contribution < 1.29 is 5.11 Å². The van der Waals surface area contributed by atoms with Crippen LogP contribution in [0.1, 0.15) is 24.0 Å². The Morgan fingerprint density at radius 2 is 1.64 bits per heavy atom. The van der Waals surface area contributed by atoms with E-state index in [1.54, 1.807) is 0 Å². The molecule has 114 valence electrons. The van der Waals surface area contributed by atoms with Crippen molar-refractivity contribution >= 4 is 12.2 Å². The molecule has 1 aliphatic carbocycles. The van der Waals surface area contributed by atoms with Gasteiger partial charge in [-0.2, -0.15) is 0 Å². The van der Waals surface area contributed by atoms with Gasteiger partial charge in [0.15, 0.2) is 0 Å². The minimum absolute atomic E-state index is 0.727. The first-order valence-corrected chi connectivity index (χ1v) is 7.85. The van der Waals surface area contributed by atoms with Crippen LogP contribution >= 0.6 is 0 Å². The molecule has 0 aromatic heterocycles. The summed E-state index contributed by atoms with van der Waals surface area (Å²) in [5, 5.41) is 13.6. The molecule has 0 amide bonds. The number of rotatable bonds is 4.